The van der Waals surface area contributed by atoms with Crippen LogP contribution in [-0.2, 0) is 24.8 Å². The number of carboxylic acid groups (broad SMARTS) is 1. The van der Waals surface area contributed by atoms with Crippen molar-refractivity contribution < 1.29 is 39.5 Å². The van der Waals surface area contributed by atoms with E-state index in [2.05, 4.69) is 20.3 Å². The van der Waals surface area contributed by atoms with Gasteiger partial charge in [0.05, 0.1) is 18.9 Å². The summed E-state index contributed by atoms with van der Waals surface area (Å²) >= 11 is 0. The molecule has 2 aromatic heterocycles. The minimum Gasteiger partial charge on any atom is -0.481 e. The van der Waals surface area contributed by atoms with Gasteiger partial charge in [-0.25, -0.2) is 15.0 Å². The first-order valence-electron chi connectivity index (χ1n) is 8.75. The van der Waals surface area contributed by atoms with Crippen LogP contribution in [0.15, 0.2) is 12.7 Å². The van der Waals surface area contributed by atoms with Crippen LogP contribution < -0.4 is 11.1 Å². The molecular formula is C16H20N6O8. The fourth-order valence-corrected chi connectivity index (χ4v) is 3.63. The summed E-state index contributed by atoms with van der Waals surface area (Å²) in [7, 11) is 0. The van der Waals surface area contributed by atoms with Crippen molar-refractivity contribution in [1.29, 1.82) is 0 Å². The van der Waals surface area contributed by atoms with Crippen LogP contribution in [-0.4, -0.2) is 82.6 Å². The molecule has 4 rings (SSSR count). The van der Waals surface area contributed by atoms with Crippen LogP contribution in [0.5, 0.6) is 0 Å². The lowest BCUT2D eigenvalue weighted by Gasteiger charge is -2.37. The largest absolute Gasteiger partial charge is 0.481 e. The molecular weight excluding hydrogens is 404 g/mol. The number of nitrogens with zero attached hydrogens (tertiary/aromatic N) is 4. The number of hydrogen-bond donors (Lipinski definition) is 6. The van der Waals surface area contributed by atoms with Gasteiger partial charge < -0.3 is 30.9 Å². The van der Waals surface area contributed by atoms with Crippen molar-refractivity contribution in [1.82, 2.24) is 24.8 Å². The summed E-state index contributed by atoms with van der Waals surface area (Å²) in [5, 5.41) is 40.1. The average molecular weight is 424 g/mol. The van der Waals surface area contributed by atoms with Gasteiger partial charge in [-0.3, -0.25) is 24.3 Å². The number of carbonyl (C=O) groups is 3. The molecule has 0 spiro atoms. The number of anilines is 1. The highest BCUT2D eigenvalue weighted by atomic mass is 16.6. The molecule has 0 aliphatic carbocycles. The van der Waals surface area contributed by atoms with Gasteiger partial charge in [-0.05, 0) is 0 Å². The third-order valence-corrected chi connectivity index (χ3v) is 4.85. The van der Waals surface area contributed by atoms with Crippen LogP contribution in [0.2, 0.25) is 0 Å². The molecule has 0 radical (unpaired) electrons. The Hall–Kier alpha value is -3.20. The third-order valence-electron chi connectivity index (χ3n) is 4.85. The first kappa shape index (κ1) is 21.5. The molecule has 0 saturated carbocycles. The Morgan fingerprint density at radius 1 is 1.37 bits per heavy atom. The first-order chi connectivity index (χ1) is 14.1. The highest BCUT2D eigenvalue weighted by Crippen LogP contribution is 2.45. The smallest absolute Gasteiger partial charge is 0.300 e. The predicted molar refractivity (Wildman–Crippen MR) is 96.2 cm³/mol. The van der Waals surface area contributed by atoms with Crippen LogP contribution in [0.1, 0.15) is 13.3 Å². The quantitative estimate of drug-likeness (QED) is 0.270. The van der Waals surface area contributed by atoms with E-state index in [1.807, 2.05) is 0 Å². The Balaban J connectivity index is 0.000000589. The van der Waals surface area contributed by atoms with E-state index in [0.29, 0.717) is 0 Å². The Morgan fingerprint density at radius 2 is 2.03 bits per heavy atom. The molecule has 5 atom stereocenters. The molecule has 7 N–H and O–H groups in total. The number of aliphatic hydroxyl groups is 3. The Bertz CT molecular complexity index is 991. The summed E-state index contributed by atoms with van der Waals surface area (Å²) in [6.45, 7) is 0.478. The Morgan fingerprint density at radius 3 is 2.57 bits per heavy atom. The zero-order valence-electron chi connectivity index (χ0n) is 15.7. The normalized spacial score (nSPS) is 30.8. The molecule has 14 nitrogen and oxygen atoms in total. The van der Waals surface area contributed by atoms with Gasteiger partial charge in [-0.2, -0.15) is 0 Å². The van der Waals surface area contributed by atoms with E-state index in [9.17, 15) is 24.9 Å². The minimum atomic E-state index is -1.90. The monoisotopic (exact) mass is 424 g/mol. The summed E-state index contributed by atoms with van der Waals surface area (Å²) in [5.74, 6) is -3.16. The van der Waals surface area contributed by atoms with Crippen molar-refractivity contribution in [2.45, 2.75) is 37.4 Å². The minimum absolute atomic E-state index is 0.0718. The molecule has 2 amide bonds. The van der Waals surface area contributed by atoms with Crippen LogP contribution >= 0.6 is 0 Å². The van der Waals surface area contributed by atoms with E-state index in [-0.39, 0.29) is 23.4 Å². The van der Waals surface area contributed by atoms with Crippen LogP contribution in [0.25, 0.3) is 11.2 Å². The highest BCUT2D eigenvalue weighted by molar-refractivity contribution is 6.04. The molecule has 14 heteroatoms. The van der Waals surface area contributed by atoms with Gasteiger partial charge in [0.25, 0.3) is 5.97 Å². The maximum Gasteiger partial charge on any atom is 0.300 e. The molecule has 4 heterocycles. The lowest BCUT2D eigenvalue weighted by molar-refractivity contribution is -0.184. The Kier molecular flexibility index (Phi) is 5.67. The predicted octanol–water partition coefficient (Wildman–Crippen LogP) is -3.07. The van der Waals surface area contributed by atoms with Gasteiger partial charge in [0.2, 0.25) is 11.8 Å². The number of rotatable bonds is 3. The van der Waals surface area contributed by atoms with Crippen LogP contribution in [0.3, 0.4) is 0 Å². The molecule has 2 saturated heterocycles. The lowest BCUT2D eigenvalue weighted by atomic mass is 9.87. The van der Waals surface area contributed by atoms with Gasteiger partial charge in [-0.1, -0.05) is 0 Å². The molecule has 0 unspecified atom stereocenters. The van der Waals surface area contributed by atoms with Crippen LogP contribution in [0.4, 0.5) is 5.82 Å². The summed E-state index contributed by atoms with van der Waals surface area (Å²) in [5.41, 5.74) is 4.22. The van der Waals surface area contributed by atoms with Crippen molar-refractivity contribution in [2.24, 2.45) is 5.92 Å². The number of ether oxygens (including phenoxy) is 1. The van der Waals surface area contributed by atoms with E-state index in [0.717, 1.165) is 6.92 Å². The molecule has 30 heavy (non-hydrogen) atoms. The first-order valence-corrected chi connectivity index (χ1v) is 8.75. The van der Waals surface area contributed by atoms with E-state index < -0.39 is 54.3 Å². The van der Waals surface area contributed by atoms with E-state index >= 15 is 0 Å². The SMILES string of the molecule is CC(=O)O.Nc1ncnc2c1ncn2[C@]1([C@H]2CC(=O)NC2=O)O[C@H](CO)[C@@H](O)[C@H]1O. The van der Waals surface area contributed by atoms with Gasteiger partial charge in [0.15, 0.2) is 17.2 Å². The second-order valence-corrected chi connectivity index (χ2v) is 6.76. The maximum atomic E-state index is 12.4. The molecule has 2 fully saturated rings. The van der Waals surface area contributed by atoms with Crippen molar-refractivity contribution in [2.75, 3.05) is 12.3 Å². The number of nitrogen functional groups attached to an aromatic ring is 1. The third kappa shape index (κ3) is 3.35. The zero-order chi connectivity index (χ0) is 22.2. The number of nitrogens with one attached hydrogen (secondary N) is 1. The number of amides is 2. The van der Waals surface area contributed by atoms with E-state index in [1.165, 1.54) is 17.2 Å². The molecule has 0 bridgehead atoms. The van der Waals surface area contributed by atoms with E-state index in [4.69, 9.17) is 20.4 Å². The second kappa shape index (κ2) is 7.91. The molecule has 2 aliphatic rings. The number of aliphatic hydroxyl groups excluding tert-OH is 3. The lowest BCUT2D eigenvalue weighted by Crippen LogP contribution is -2.53. The molecule has 0 aromatic carbocycles. The van der Waals surface area contributed by atoms with Gasteiger partial charge >= 0.3 is 0 Å². The van der Waals surface area contributed by atoms with E-state index in [1.54, 1.807) is 0 Å². The number of carbonyl (C=O) groups excluding carboxylic acids is 2. The average Bonchev–Trinajstić information content (AvgIpc) is 3.32. The summed E-state index contributed by atoms with van der Waals surface area (Å²) in [6, 6.07) is 0. The Labute approximate surface area is 168 Å². The number of hydrogen-bond acceptors (Lipinski definition) is 11. The summed E-state index contributed by atoms with van der Waals surface area (Å²) in [4.78, 5) is 45.1. The molecule has 2 aliphatic heterocycles. The summed E-state index contributed by atoms with van der Waals surface area (Å²) < 4.78 is 7.03. The van der Waals surface area contributed by atoms with Crippen molar-refractivity contribution in [3.05, 3.63) is 12.7 Å². The second-order valence-electron chi connectivity index (χ2n) is 6.76. The fourth-order valence-electron chi connectivity index (χ4n) is 3.63. The fraction of sp³-hybridized carbons (Fsp3) is 0.500. The van der Waals surface area contributed by atoms with Crippen molar-refractivity contribution >= 4 is 34.8 Å². The van der Waals surface area contributed by atoms with Crippen molar-refractivity contribution in [3.8, 4) is 0 Å². The number of nitrogens with two attached hydrogens (primary N) is 1. The number of aromatic nitrogens is 4. The molecule has 2 aromatic rings. The standard InChI is InChI=1S/C14H16N6O6.C2H4O2/c15-11-8-12(17-3-16-11)20(4-18-8)14(5-1-7(22)19-13(5)25)10(24)9(23)6(2-21)26-14;1-2(3)4/h3-6,9-10,21,23-24H,1-2H2,(H2,15,16,17)(H,19,22,25);1H3,(H,3,4)/t5-,6+,9+,10+,14+;/m0./s1. The van der Waals surface area contributed by atoms with Crippen molar-refractivity contribution in [3.63, 3.8) is 0 Å². The number of carboxylic acids is 1. The highest BCUT2D eigenvalue weighted by Gasteiger charge is 2.63. The van der Waals surface area contributed by atoms with Gasteiger partial charge in [-0.15, -0.1) is 0 Å². The topological polar surface area (TPSA) is 223 Å². The van der Waals surface area contributed by atoms with Gasteiger partial charge in [0.1, 0.15) is 30.2 Å². The maximum absolute atomic E-state index is 12.4. The summed E-state index contributed by atoms with van der Waals surface area (Å²) in [6.07, 6.45) is -2.19. The number of aliphatic carboxylic acids is 1. The zero-order valence-corrected chi connectivity index (χ0v) is 15.7. The number of fused-ring (bicyclic) bond motifs is 1. The molecule has 162 valence electrons. The van der Waals surface area contributed by atoms with Gasteiger partial charge in [0, 0.05) is 13.3 Å². The number of imidazole rings is 1. The van der Waals surface area contributed by atoms with Crippen LogP contribution in [0, 0.1) is 5.92 Å². The number of imide groups is 1.